The summed E-state index contributed by atoms with van der Waals surface area (Å²) in [5, 5.41) is 14.6. The zero-order valence-corrected chi connectivity index (χ0v) is 22.2. The zero-order chi connectivity index (χ0) is 27.7. The van der Waals surface area contributed by atoms with Crippen molar-refractivity contribution in [1.82, 2.24) is 10.2 Å². The Morgan fingerprint density at radius 1 is 1.18 bits per heavy atom. The summed E-state index contributed by atoms with van der Waals surface area (Å²) in [6.45, 7) is 9.22. The van der Waals surface area contributed by atoms with E-state index < -0.39 is 40.5 Å². The highest BCUT2D eigenvalue weighted by Gasteiger charge is 2.41. The molecule has 0 aliphatic carbocycles. The second kappa shape index (κ2) is 10.4. The third-order valence-electron chi connectivity index (χ3n) is 6.05. The van der Waals surface area contributed by atoms with Gasteiger partial charge >= 0.3 is 17.9 Å². The lowest BCUT2D eigenvalue weighted by Crippen LogP contribution is -2.45. The quantitative estimate of drug-likeness (QED) is 0.426. The SMILES string of the molecule is CC(C)(C)OC(=O)N1C[C@@H](NC(=O)OCc2ccccc2)[C@H](Oc2cc3c(cc2[N+](=O)[O-])CC(C)(C)O3)C1. The van der Waals surface area contributed by atoms with Crippen molar-refractivity contribution < 1.29 is 33.5 Å². The largest absolute Gasteiger partial charge is 0.487 e. The number of nitro groups is 1. The van der Waals surface area contributed by atoms with E-state index in [1.807, 2.05) is 44.2 Å². The Morgan fingerprint density at radius 2 is 1.89 bits per heavy atom. The van der Waals surface area contributed by atoms with Crippen molar-refractivity contribution in [3.05, 3.63) is 63.7 Å². The number of amides is 2. The van der Waals surface area contributed by atoms with Gasteiger partial charge in [-0.15, -0.1) is 0 Å². The molecule has 2 aliphatic heterocycles. The van der Waals surface area contributed by atoms with Crippen LogP contribution < -0.4 is 14.8 Å². The highest BCUT2D eigenvalue weighted by molar-refractivity contribution is 5.70. The molecular formula is C27H33N3O8. The van der Waals surface area contributed by atoms with Gasteiger partial charge in [-0.3, -0.25) is 10.1 Å². The summed E-state index contributed by atoms with van der Waals surface area (Å²) in [5.41, 5.74) is 0.0915. The molecule has 0 spiro atoms. The number of likely N-dealkylation sites (tertiary alicyclic amines) is 1. The molecular weight excluding hydrogens is 494 g/mol. The smallest absolute Gasteiger partial charge is 0.410 e. The van der Waals surface area contributed by atoms with Gasteiger partial charge in [-0.25, -0.2) is 9.59 Å². The second-order valence-electron chi connectivity index (χ2n) is 11.1. The van der Waals surface area contributed by atoms with Crippen molar-refractivity contribution in [3.63, 3.8) is 0 Å². The van der Waals surface area contributed by atoms with Crippen LogP contribution in [0.3, 0.4) is 0 Å². The van der Waals surface area contributed by atoms with Crippen molar-refractivity contribution in [2.24, 2.45) is 0 Å². The molecule has 1 N–H and O–H groups in total. The first-order valence-electron chi connectivity index (χ1n) is 12.4. The van der Waals surface area contributed by atoms with Crippen LogP contribution >= 0.6 is 0 Å². The Bertz CT molecular complexity index is 1210. The topological polar surface area (TPSA) is 129 Å². The molecule has 0 saturated carbocycles. The Morgan fingerprint density at radius 3 is 2.55 bits per heavy atom. The molecule has 38 heavy (non-hydrogen) atoms. The van der Waals surface area contributed by atoms with E-state index in [0.717, 1.165) is 11.1 Å². The summed E-state index contributed by atoms with van der Waals surface area (Å²) in [6.07, 6.45) is -1.57. The highest BCUT2D eigenvalue weighted by atomic mass is 16.6. The maximum atomic E-state index is 12.8. The first-order chi connectivity index (χ1) is 17.8. The fourth-order valence-corrected chi connectivity index (χ4v) is 4.44. The van der Waals surface area contributed by atoms with Crippen LogP contribution in [0.25, 0.3) is 0 Å². The summed E-state index contributed by atoms with van der Waals surface area (Å²) in [5.74, 6) is 0.497. The van der Waals surface area contributed by atoms with E-state index in [4.69, 9.17) is 18.9 Å². The molecule has 2 heterocycles. The van der Waals surface area contributed by atoms with E-state index in [1.165, 1.54) is 17.0 Å². The minimum Gasteiger partial charge on any atom is -0.487 e. The van der Waals surface area contributed by atoms with Crippen LogP contribution in [-0.2, 0) is 22.5 Å². The number of hydrogen-bond donors (Lipinski definition) is 1. The van der Waals surface area contributed by atoms with Gasteiger partial charge in [0.15, 0.2) is 0 Å². The predicted octanol–water partition coefficient (Wildman–Crippen LogP) is 4.60. The summed E-state index contributed by atoms with van der Waals surface area (Å²) in [4.78, 5) is 38.2. The van der Waals surface area contributed by atoms with Gasteiger partial charge in [-0.05, 0) is 40.2 Å². The van der Waals surface area contributed by atoms with Crippen LogP contribution in [0.1, 0.15) is 45.7 Å². The number of ether oxygens (including phenoxy) is 4. The van der Waals surface area contributed by atoms with Crippen LogP contribution in [-0.4, -0.2) is 58.4 Å². The molecule has 2 aromatic carbocycles. The number of nitrogens with one attached hydrogen (secondary N) is 1. The zero-order valence-electron chi connectivity index (χ0n) is 22.2. The maximum Gasteiger partial charge on any atom is 0.410 e. The third kappa shape index (κ3) is 6.64. The summed E-state index contributed by atoms with van der Waals surface area (Å²) >= 11 is 0. The minimum absolute atomic E-state index is 0.00746. The number of rotatable bonds is 6. The Labute approximate surface area is 221 Å². The molecule has 2 atom stereocenters. The molecule has 4 rings (SSSR count). The molecule has 0 radical (unpaired) electrons. The van der Waals surface area contributed by atoms with E-state index >= 15 is 0 Å². The van der Waals surface area contributed by atoms with Gasteiger partial charge in [0.1, 0.15) is 29.7 Å². The Hall–Kier alpha value is -4.02. The number of fused-ring (bicyclic) bond motifs is 1. The fourth-order valence-electron chi connectivity index (χ4n) is 4.44. The van der Waals surface area contributed by atoms with E-state index in [-0.39, 0.29) is 31.1 Å². The number of nitrogens with zero attached hydrogens (tertiary/aromatic N) is 2. The molecule has 11 nitrogen and oxygen atoms in total. The fraction of sp³-hybridized carbons (Fsp3) is 0.481. The van der Waals surface area contributed by atoms with Crippen molar-refractivity contribution in [2.45, 2.75) is 71.0 Å². The first kappa shape index (κ1) is 27.0. The van der Waals surface area contributed by atoms with Crippen LogP contribution in [0.2, 0.25) is 0 Å². The van der Waals surface area contributed by atoms with E-state index in [9.17, 15) is 19.7 Å². The van der Waals surface area contributed by atoms with Gasteiger partial charge in [-0.1, -0.05) is 30.3 Å². The van der Waals surface area contributed by atoms with Crippen molar-refractivity contribution in [2.75, 3.05) is 13.1 Å². The minimum atomic E-state index is -0.807. The lowest BCUT2D eigenvalue weighted by molar-refractivity contribution is -0.386. The number of nitro benzene ring substituents is 1. The third-order valence-corrected chi connectivity index (χ3v) is 6.05. The summed E-state index contributed by atoms with van der Waals surface area (Å²) in [6, 6.07) is 11.4. The molecule has 0 unspecified atom stereocenters. The van der Waals surface area contributed by atoms with Gasteiger partial charge in [0.2, 0.25) is 5.75 Å². The van der Waals surface area contributed by atoms with Crippen molar-refractivity contribution >= 4 is 17.9 Å². The molecule has 0 bridgehead atoms. The van der Waals surface area contributed by atoms with Crippen LogP contribution in [0.5, 0.6) is 11.5 Å². The van der Waals surface area contributed by atoms with Crippen LogP contribution in [0.4, 0.5) is 15.3 Å². The Kier molecular flexibility index (Phi) is 7.39. The number of alkyl carbamates (subject to hydrolysis) is 1. The average molecular weight is 528 g/mol. The second-order valence-corrected chi connectivity index (χ2v) is 11.1. The Balaban J connectivity index is 1.53. The van der Waals surface area contributed by atoms with Gasteiger partial charge in [0.25, 0.3) is 0 Å². The molecule has 1 saturated heterocycles. The van der Waals surface area contributed by atoms with Crippen molar-refractivity contribution in [1.29, 1.82) is 0 Å². The lowest BCUT2D eigenvalue weighted by atomic mass is 10.0. The van der Waals surface area contributed by atoms with E-state index in [0.29, 0.717) is 12.2 Å². The van der Waals surface area contributed by atoms with Crippen molar-refractivity contribution in [3.8, 4) is 11.5 Å². The average Bonchev–Trinajstić information content (AvgIpc) is 3.35. The lowest BCUT2D eigenvalue weighted by Gasteiger charge is -2.24. The first-order valence-corrected chi connectivity index (χ1v) is 12.4. The number of carbonyl (C=O) groups is 2. The van der Waals surface area contributed by atoms with Crippen LogP contribution in [0, 0.1) is 10.1 Å². The standard InChI is InChI=1S/C27H33N3O8/c1-26(2,3)38-25(32)29-14-19(28-24(31)35-16-17-9-7-6-8-10-17)23(15-29)36-22-12-21-18(11-20(22)30(33)34)13-27(4,5)37-21/h6-12,19,23H,13-16H2,1-5H3,(H,28,31)/t19-,23-/m1/s1. The monoisotopic (exact) mass is 527 g/mol. The van der Waals surface area contributed by atoms with Gasteiger partial charge in [0.05, 0.1) is 17.5 Å². The van der Waals surface area contributed by atoms with E-state index in [2.05, 4.69) is 5.32 Å². The summed E-state index contributed by atoms with van der Waals surface area (Å²) < 4.78 is 22.9. The predicted molar refractivity (Wildman–Crippen MR) is 137 cm³/mol. The molecule has 11 heteroatoms. The molecule has 204 valence electrons. The molecule has 2 aromatic rings. The maximum absolute atomic E-state index is 12.8. The highest BCUT2D eigenvalue weighted by Crippen LogP contribution is 2.42. The van der Waals surface area contributed by atoms with Gasteiger partial charge in [-0.2, -0.15) is 0 Å². The van der Waals surface area contributed by atoms with E-state index in [1.54, 1.807) is 20.8 Å². The van der Waals surface area contributed by atoms with Gasteiger partial charge in [0, 0.05) is 30.7 Å². The number of benzene rings is 2. The summed E-state index contributed by atoms with van der Waals surface area (Å²) in [7, 11) is 0. The molecule has 2 aliphatic rings. The number of carbonyl (C=O) groups excluding carboxylic acids is 2. The molecule has 0 aromatic heterocycles. The molecule has 2 amide bonds. The normalized spacial score (nSPS) is 19.8. The van der Waals surface area contributed by atoms with Gasteiger partial charge < -0.3 is 29.2 Å². The van der Waals surface area contributed by atoms with Crippen LogP contribution in [0.15, 0.2) is 42.5 Å². The molecule has 1 fully saturated rings. The number of hydrogen-bond acceptors (Lipinski definition) is 8.